The van der Waals surface area contributed by atoms with Gasteiger partial charge in [0.15, 0.2) is 0 Å². The predicted octanol–water partition coefficient (Wildman–Crippen LogP) is 13.8. The average Bonchev–Trinajstić information content (AvgIpc) is 3.17. The van der Waals surface area contributed by atoms with E-state index >= 15 is 0 Å². The van der Waals surface area contributed by atoms with Crippen molar-refractivity contribution >= 4 is 11.9 Å². The van der Waals surface area contributed by atoms with Crippen LogP contribution in [0.4, 0.5) is 0 Å². The van der Waals surface area contributed by atoms with Crippen LogP contribution >= 0.6 is 0 Å². The standard InChI is InChI=1S/C48H93NO5/c1-3-5-7-9-11-13-21-26-30-34-38-42-48(53)54-43-39-35-31-27-23-20-18-16-15-17-19-22-25-29-33-37-41-47(52)49-45(44-50)46(51)40-36-32-28-24-14-12-10-8-6-4-2/h36,40,45-46,50-51H,3-35,37-39,41-44H2,1-2H3,(H,49,52)/b40-36+. The van der Waals surface area contributed by atoms with E-state index in [-0.39, 0.29) is 18.5 Å². The van der Waals surface area contributed by atoms with Crippen LogP contribution in [0.15, 0.2) is 12.2 Å². The summed E-state index contributed by atoms with van der Waals surface area (Å²) in [7, 11) is 0. The quantitative estimate of drug-likeness (QED) is 0.0326. The summed E-state index contributed by atoms with van der Waals surface area (Å²) < 4.78 is 5.44. The Hall–Kier alpha value is -1.40. The molecule has 1 amide bonds. The van der Waals surface area contributed by atoms with Gasteiger partial charge in [-0.25, -0.2) is 0 Å². The number of amides is 1. The molecule has 6 heteroatoms. The normalized spacial score (nSPS) is 12.7. The summed E-state index contributed by atoms with van der Waals surface area (Å²) in [5.41, 5.74) is 0. The van der Waals surface area contributed by atoms with Crippen molar-refractivity contribution in [2.24, 2.45) is 0 Å². The van der Waals surface area contributed by atoms with Gasteiger partial charge in [0, 0.05) is 12.8 Å². The van der Waals surface area contributed by atoms with Crippen LogP contribution in [0, 0.1) is 0 Å². The zero-order chi connectivity index (χ0) is 39.4. The van der Waals surface area contributed by atoms with Crippen LogP contribution in [0.25, 0.3) is 0 Å². The van der Waals surface area contributed by atoms with E-state index in [1.807, 2.05) is 6.08 Å². The maximum atomic E-state index is 12.4. The molecule has 0 fully saturated rings. The van der Waals surface area contributed by atoms with Crippen molar-refractivity contribution in [3.05, 3.63) is 12.2 Å². The molecule has 6 nitrogen and oxygen atoms in total. The Morgan fingerprint density at radius 2 is 0.852 bits per heavy atom. The maximum Gasteiger partial charge on any atom is 0.305 e. The fourth-order valence-corrected chi connectivity index (χ4v) is 7.34. The molecule has 0 radical (unpaired) electrons. The number of hydrogen-bond donors (Lipinski definition) is 3. The molecular formula is C48H93NO5. The van der Waals surface area contributed by atoms with Crippen LogP contribution in [0.2, 0.25) is 0 Å². The molecule has 2 unspecified atom stereocenters. The Labute approximate surface area is 336 Å². The molecular weight excluding hydrogens is 671 g/mol. The topological polar surface area (TPSA) is 95.9 Å². The molecule has 0 aliphatic rings. The van der Waals surface area contributed by atoms with Gasteiger partial charge >= 0.3 is 5.97 Å². The third-order valence-corrected chi connectivity index (χ3v) is 11.1. The van der Waals surface area contributed by atoms with Crippen molar-refractivity contribution in [3.8, 4) is 0 Å². The Morgan fingerprint density at radius 3 is 1.26 bits per heavy atom. The molecule has 0 rings (SSSR count). The van der Waals surface area contributed by atoms with Gasteiger partial charge in [-0.2, -0.15) is 0 Å². The Morgan fingerprint density at radius 1 is 0.500 bits per heavy atom. The highest BCUT2D eigenvalue weighted by atomic mass is 16.5. The van der Waals surface area contributed by atoms with E-state index in [2.05, 4.69) is 19.2 Å². The van der Waals surface area contributed by atoms with E-state index < -0.39 is 12.1 Å². The number of aliphatic hydroxyl groups excluding tert-OH is 2. The Kier molecular flexibility index (Phi) is 43.2. The van der Waals surface area contributed by atoms with Crippen molar-refractivity contribution in [1.82, 2.24) is 5.32 Å². The molecule has 0 aliphatic heterocycles. The smallest absolute Gasteiger partial charge is 0.305 e. The van der Waals surface area contributed by atoms with Gasteiger partial charge in [-0.1, -0.05) is 225 Å². The van der Waals surface area contributed by atoms with Gasteiger partial charge < -0.3 is 20.3 Å². The first-order valence-electron chi connectivity index (χ1n) is 24.0. The van der Waals surface area contributed by atoms with Crippen LogP contribution in [-0.4, -0.2) is 47.4 Å². The molecule has 0 aromatic rings. The number of esters is 1. The van der Waals surface area contributed by atoms with E-state index in [1.54, 1.807) is 6.08 Å². The minimum atomic E-state index is -0.845. The number of rotatable bonds is 44. The van der Waals surface area contributed by atoms with Gasteiger partial charge in [0.25, 0.3) is 0 Å². The van der Waals surface area contributed by atoms with Crippen molar-refractivity contribution < 1.29 is 24.5 Å². The molecule has 0 bridgehead atoms. The SMILES string of the molecule is CCCCCCCCCC/C=C/C(O)C(CO)NC(=O)CCCCCCCCCCCCCCCCCCOC(=O)CCCCCCCCCCCCC. The number of allylic oxidation sites excluding steroid dienone is 1. The van der Waals surface area contributed by atoms with Crippen molar-refractivity contribution in [2.75, 3.05) is 13.2 Å². The fraction of sp³-hybridized carbons (Fsp3) is 0.917. The molecule has 320 valence electrons. The van der Waals surface area contributed by atoms with Gasteiger partial charge in [0.1, 0.15) is 0 Å². The van der Waals surface area contributed by atoms with Crippen LogP contribution in [-0.2, 0) is 14.3 Å². The first kappa shape index (κ1) is 52.6. The van der Waals surface area contributed by atoms with Crippen molar-refractivity contribution in [3.63, 3.8) is 0 Å². The predicted molar refractivity (Wildman–Crippen MR) is 232 cm³/mol. The van der Waals surface area contributed by atoms with Crippen LogP contribution in [0.5, 0.6) is 0 Å². The summed E-state index contributed by atoms with van der Waals surface area (Å²) >= 11 is 0. The van der Waals surface area contributed by atoms with E-state index in [9.17, 15) is 19.8 Å². The summed E-state index contributed by atoms with van der Waals surface area (Å²) in [5.74, 6) is -0.0753. The van der Waals surface area contributed by atoms with Crippen LogP contribution in [0.3, 0.4) is 0 Å². The van der Waals surface area contributed by atoms with Crippen LogP contribution < -0.4 is 5.32 Å². The molecule has 54 heavy (non-hydrogen) atoms. The van der Waals surface area contributed by atoms with E-state index in [4.69, 9.17) is 4.74 Å². The number of unbranched alkanes of at least 4 members (excludes halogenated alkanes) is 33. The third kappa shape index (κ3) is 40.3. The highest BCUT2D eigenvalue weighted by Crippen LogP contribution is 2.16. The number of carbonyl (C=O) groups is 2. The molecule has 0 aliphatic carbocycles. The monoisotopic (exact) mass is 764 g/mol. The third-order valence-electron chi connectivity index (χ3n) is 11.1. The highest BCUT2D eigenvalue weighted by Gasteiger charge is 2.18. The summed E-state index contributed by atoms with van der Waals surface area (Å²) in [6.45, 7) is 4.86. The number of carbonyl (C=O) groups excluding carboxylic acids is 2. The van der Waals surface area contributed by atoms with Crippen molar-refractivity contribution in [2.45, 2.75) is 270 Å². The van der Waals surface area contributed by atoms with Gasteiger partial charge in [-0.15, -0.1) is 0 Å². The first-order chi connectivity index (χ1) is 26.5. The number of aliphatic hydroxyl groups is 2. The molecule has 2 atom stereocenters. The van der Waals surface area contributed by atoms with E-state index in [1.165, 1.54) is 186 Å². The lowest BCUT2D eigenvalue weighted by atomic mass is 10.0. The molecule has 0 aromatic carbocycles. The zero-order valence-corrected chi connectivity index (χ0v) is 36.2. The summed E-state index contributed by atoms with van der Waals surface area (Å²) in [4.78, 5) is 24.3. The zero-order valence-electron chi connectivity index (χ0n) is 36.2. The molecule has 0 saturated carbocycles. The molecule has 0 saturated heterocycles. The van der Waals surface area contributed by atoms with Crippen molar-refractivity contribution in [1.29, 1.82) is 0 Å². The van der Waals surface area contributed by atoms with Gasteiger partial charge in [-0.05, 0) is 32.1 Å². The average molecular weight is 764 g/mol. The van der Waals surface area contributed by atoms with Gasteiger partial charge in [0.05, 0.1) is 25.4 Å². The summed E-state index contributed by atoms with van der Waals surface area (Å²) in [6, 6.07) is -0.629. The number of ether oxygens (including phenoxy) is 1. The minimum absolute atomic E-state index is 0.00134. The van der Waals surface area contributed by atoms with E-state index in [0.29, 0.717) is 19.4 Å². The molecule has 0 aromatic heterocycles. The molecule has 0 heterocycles. The largest absolute Gasteiger partial charge is 0.466 e. The van der Waals surface area contributed by atoms with E-state index in [0.717, 1.165) is 44.9 Å². The highest BCUT2D eigenvalue weighted by molar-refractivity contribution is 5.76. The summed E-state index contributed by atoms with van der Waals surface area (Å²) in [6.07, 6.45) is 49.2. The molecule has 3 N–H and O–H groups in total. The second kappa shape index (κ2) is 44.3. The lowest BCUT2D eigenvalue weighted by Crippen LogP contribution is -2.45. The number of hydrogen-bond acceptors (Lipinski definition) is 5. The lowest BCUT2D eigenvalue weighted by Gasteiger charge is -2.20. The van der Waals surface area contributed by atoms with Gasteiger partial charge in [0.2, 0.25) is 5.91 Å². The van der Waals surface area contributed by atoms with Gasteiger partial charge in [-0.3, -0.25) is 9.59 Å². The van der Waals surface area contributed by atoms with Crippen LogP contribution in [0.1, 0.15) is 258 Å². The maximum absolute atomic E-state index is 12.4. The summed E-state index contributed by atoms with van der Waals surface area (Å²) in [5, 5.41) is 22.9. The Bertz CT molecular complexity index is 802. The molecule has 0 spiro atoms. The first-order valence-corrected chi connectivity index (χ1v) is 24.0. The second-order valence-electron chi connectivity index (χ2n) is 16.5. The minimum Gasteiger partial charge on any atom is -0.466 e. The lowest BCUT2D eigenvalue weighted by molar-refractivity contribution is -0.143. The second-order valence-corrected chi connectivity index (χ2v) is 16.5. The number of nitrogens with one attached hydrogen (secondary N) is 1. The Balaban J connectivity index is 3.43. The fourth-order valence-electron chi connectivity index (χ4n) is 7.34.